The third kappa shape index (κ3) is 4.10. The molecular weight excluding hydrogens is 272 g/mol. The van der Waals surface area contributed by atoms with Gasteiger partial charge in [0.15, 0.2) is 0 Å². The number of hydrogen-bond acceptors (Lipinski definition) is 3. The molecular formula is C11H15BrN2O2. The summed E-state index contributed by atoms with van der Waals surface area (Å²) in [5, 5.41) is 2.62. The molecule has 1 aromatic carbocycles. The number of benzene rings is 1. The largest absolute Gasteiger partial charge is 0.449 e. The van der Waals surface area contributed by atoms with Gasteiger partial charge in [-0.1, -0.05) is 13.8 Å². The highest BCUT2D eigenvalue weighted by Crippen LogP contribution is 2.23. The molecule has 0 heterocycles. The van der Waals surface area contributed by atoms with E-state index >= 15 is 0 Å². The second kappa shape index (κ2) is 5.75. The summed E-state index contributed by atoms with van der Waals surface area (Å²) in [5.41, 5.74) is 6.90. The third-order valence-corrected chi connectivity index (χ3v) is 2.48. The lowest BCUT2D eigenvalue weighted by molar-refractivity contribution is 0.147. The van der Waals surface area contributed by atoms with Gasteiger partial charge in [0.05, 0.1) is 6.61 Å². The first-order chi connectivity index (χ1) is 7.49. The zero-order valence-corrected chi connectivity index (χ0v) is 10.9. The van der Waals surface area contributed by atoms with Gasteiger partial charge in [0.2, 0.25) is 0 Å². The normalized spacial score (nSPS) is 10.2. The molecule has 88 valence electrons. The minimum Gasteiger partial charge on any atom is -0.449 e. The van der Waals surface area contributed by atoms with Crippen molar-refractivity contribution in [2.75, 3.05) is 17.7 Å². The fraction of sp³-hybridized carbons (Fsp3) is 0.364. The van der Waals surface area contributed by atoms with Crippen LogP contribution >= 0.6 is 15.9 Å². The highest BCUT2D eigenvalue weighted by Gasteiger charge is 2.05. The summed E-state index contributed by atoms with van der Waals surface area (Å²) < 4.78 is 5.73. The molecule has 0 aliphatic heterocycles. The van der Waals surface area contributed by atoms with Gasteiger partial charge < -0.3 is 10.5 Å². The number of nitrogens with one attached hydrogen (secondary N) is 1. The lowest BCUT2D eigenvalue weighted by Crippen LogP contribution is -2.16. The van der Waals surface area contributed by atoms with Gasteiger partial charge in [-0.15, -0.1) is 0 Å². The van der Waals surface area contributed by atoms with E-state index in [0.717, 1.165) is 4.47 Å². The Morgan fingerprint density at radius 1 is 1.56 bits per heavy atom. The van der Waals surface area contributed by atoms with Crippen LogP contribution in [0.3, 0.4) is 0 Å². The number of carbonyl (C=O) groups is 1. The van der Waals surface area contributed by atoms with Gasteiger partial charge in [-0.05, 0) is 40.0 Å². The zero-order valence-electron chi connectivity index (χ0n) is 9.29. The zero-order chi connectivity index (χ0) is 12.1. The molecule has 4 nitrogen and oxygen atoms in total. The van der Waals surface area contributed by atoms with Crippen molar-refractivity contribution < 1.29 is 9.53 Å². The standard InChI is InChI=1S/C11H15BrN2O2/c1-7(2)6-16-11(15)14-8-3-4-10(13)9(12)5-8/h3-5,7H,6,13H2,1-2H3,(H,14,15). The van der Waals surface area contributed by atoms with Gasteiger partial charge >= 0.3 is 6.09 Å². The molecule has 3 N–H and O–H groups in total. The molecule has 1 amide bonds. The number of hydrogen-bond donors (Lipinski definition) is 2. The number of ether oxygens (including phenoxy) is 1. The lowest BCUT2D eigenvalue weighted by Gasteiger charge is -2.09. The van der Waals surface area contributed by atoms with E-state index < -0.39 is 6.09 Å². The summed E-state index contributed by atoms with van der Waals surface area (Å²) in [6, 6.07) is 5.16. The highest BCUT2D eigenvalue weighted by molar-refractivity contribution is 9.10. The Morgan fingerprint density at radius 2 is 2.25 bits per heavy atom. The number of amides is 1. The van der Waals surface area contributed by atoms with Crippen LogP contribution < -0.4 is 11.1 Å². The first-order valence-electron chi connectivity index (χ1n) is 4.98. The smallest absolute Gasteiger partial charge is 0.411 e. The van der Waals surface area contributed by atoms with E-state index in [1.165, 1.54) is 0 Å². The fourth-order valence-corrected chi connectivity index (χ4v) is 1.38. The molecule has 0 saturated carbocycles. The monoisotopic (exact) mass is 286 g/mol. The van der Waals surface area contributed by atoms with Crippen LogP contribution in [0.2, 0.25) is 0 Å². The molecule has 1 rings (SSSR count). The van der Waals surface area contributed by atoms with Crippen LogP contribution in [0.5, 0.6) is 0 Å². The average Bonchev–Trinajstić information content (AvgIpc) is 2.21. The molecule has 1 aromatic rings. The number of nitrogen functional groups attached to an aromatic ring is 1. The Balaban J connectivity index is 2.53. The van der Waals surface area contributed by atoms with Crippen LogP contribution in [0.1, 0.15) is 13.8 Å². The average molecular weight is 287 g/mol. The number of carbonyl (C=O) groups excluding carboxylic acids is 1. The van der Waals surface area contributed by atoms with Crippen molar-refractivity contribution in [3.63, 3.8) is 0 Å². The van der Waals surface area contributed by atoms with Crippen LogP contribution in [0, 0.1) is 5.92 Å². The molecule has 16 heavy (non-hydrogen) atoms. The van der Waals surface area contributed by atoms with E-state index in [9.17, 15) is 4.79 Å². The summed E-state index contributed by atoms with van der Waals surface area (Å²) in [6.45, 7) is 4.36. The van der Waals surface area contributed by atoms with E-state index in [2.05, 4.69) is 21.2 Å². The Morgan fingerprint density at radius 3 is 2.81 bits per heavy atom. The molecule has 0 saturated heterocycles. The maximum absolute atomic E-state index is 11.3. The van der Waals surface area contributed by atoms with Crippen LogP contribution in [-0.2, 0) is 4.74 Å². The maximum atomic E-state index is 11.3. The third-order valence-electron chi connectivity index (χ3n) is 1.79. The van der Waals surface area contributed by atoms with Gasteiger partial charge in [0.25, 0.3) is 0 Å². The number of halogens is 1. The van der Waals surface area contributed by atoms with Crippen LogP contribution in [-0.4, -0.2) is 12.7 Å². The van der Waals surface area contributed by atoms with Crippen molar-refractivity contribution in [3.05, 3.63) is 22.7 Å². The molecule has 0 aromatic heterocycles. The van der Waals surface area contributed by atoms with Crippen molar-refractivity contribution >= 4 is 33.4 Å². The second-order valence-corrected chi connectivity index (χ2v) is 4.71. The molecule has 0 fully saturated rings. The first kappa shape index (κ1) is 12.8. The molecule has 0 unspecified atom stereocenters. The molecule has 0 spiro atoms. The quantitative estimate of drug-likeness (QED) is 0.839. The van der Waals surface area contributed by atoms with Gasteiger partial charge in [-0.25, -0.2) is 4.79 Å². The minimum atomic E-state index is -0.453. The molecule has 0 aliphatic rings. The molecule has 0 aliphatic carbocycles. The second-order valence-electron chi connectivity index (χ2n) is 3.85. The van der Waals surface area contributed by atoms with E-state index in [-0.39, 0.29) is 0 Å². The summed E-state index contributed by atoms with van der Waals surface area (Å²) in [6.07, 6.45) is -0.453. The Kier molecular flexibility index (Phi) is 4.61. The van der Waals surface area contributed by atoms with Gasteiger partial charge in [-0.2, -0.15) is 0 Å². The van der Waals surface area contributed by atoms with Crippen LogP contribution in [0.15, 0.2) is 22.7 Å². The van der Waals surface area contributed by atoms with Crippen molar-refractivity contribution in [1.29, 1.82) is 0 Å². The Hall–Kier alpha value is -1.23. The summed E-state index contributed by atoms with van der Waals surface area (Å²) in [5.74, 6) is 0.323. The van der Waals surface area contributed by atoms with E-state index in [1.807, 2.05) is 13.8 Å². The van der Waals surface area contributed by atoms with Crippen molar-refractivity contribution in [2.45, 2.75) is 13.8 Å². The molecule has 5 heteroatoms. The van der Waals surface area contributed by atoms with Crippen molar-refractivity contribution in [1.82, 2.24) is 0 Å². The van der Waals surface area contributed by atoms with Crippen LogP contribution in [0.4, 0.5) is 16.2 Å². The first-order valence-corrected chi connectivity index (χ1v) is 5.77. The number of rotatable bonds is 3. The van der Waals surface area contributed by atoms with Gasteiger partial charge in [0, 0.05) is 15.8 Å². The topological polar surface area (TPSA) is 64.3 Å². The number of anilines is 2. The summed E-state index contributed by atoms with van der Waals surface area (Å²) >= 11 is 3.28. The molecule has 0 atom stereocenters. The van der Waals surface area contributed by atoms with Gasteiger partial charge in [0.1, 0.15) is 0 Å². The Labute approximate surface area is 103 Å². The SMILES string of the molecule is CC(C)COC(=O)Nc1ccc(N)c(Br)c1. The number of nitrogens with two attached hydrogens (primary N) is 1. The minimum absolute atomic E-state index is 0.323. The maximum Gasteiger partial charge on any atom is 0.411 e. The Bertz CT molecular complexity index is 380. The molecule has 0 bridgehead atoms. The van der Waals surface area contributed by atoms with Crippen LogP contribution in [0.25, 0.3) is 0 Å². The van der Waals surface area contributed by atoms with Crippen molar-refractivity contribution in [2.24, 2.45) is 5.92 Å². The highest BCUT2D eigenvalue weighted by atomic mass is 79.9. The fourth-order valence-electron chi connectivity index (χ4n) is 1.00. The summed E-state index contributed by atoms with van der Waals surface area (Å²) in [7, 11) is 0. The van der Waals surface area contributed by atoms with Gasteiger partial charge in [-0.3, -0.25) is 5.32 Å². The molecule has 0 radical (unpaired) electrons. The predicted molar refractivity (Wildman–Crippen MR) is 68.4 cm³/mol. The van der Waals surface area contributed by atoms with E-state index in [0.29, 0.717) is 23.9 Å². The predicted octanol–water partition coefficient (Wildman–Crippen LogP) is 3.24. The summed E-state index contributed by atoms with van der Waals surface area (Å²) in [4.78, 5) is 11.3. The van der Waals surface area contributed by atoms with E-state index in [4.69, 9.17) is 10.5 Å². The van der Waals surface area contributed by atoms with E-state index in [1.54, 1.807) is 18.2 Å². The van der Waals surface area contributed by atoms with Crippen molar-refractivity contribution in [3.8, 4) is 0 Å². The lowest BCUT2D eigenvalue weighted by atomic mass is 10.2.